The van der Waals surface area contributed by atoms with Crippen LogP contribution in [0, 0.1) is 27.7 Å². The fraction of sp³-hybridized carbons (Fsp3) is 0.345. The summed E-state index contributed by atoms with van der Waals surface area (Å²) in [6.07, 6.45) is 2.31. The molecular weight excluding hydrogens is 751 g/mol. The van der Waals surface area contributed by atoms with Crippen LogP contribution in [0.2, 0.25) is 0 Å². The largest absolute Gasteiger partial charge is 0.468 e. The molecule has 0 fully saturated rings. The van der Waals surface area contributed by atoms with Crippen molar-refractivity contribution >= 4 is 68.4 Å². The van der Waals surface area contributed by atoms with Gasteiger partial charge < -0.3 is 14.2 Å². The number of furan rings is 1. The summed E-state index contributed by atoms with van der Waals surface area (Å²) < 4.78 is 7.37. The van der Waals surface area contributed by atoms with Crippen LogP contribution >= 0.6 is 0 Å². The van der Waals surface area contributed by atoms with Gasteiger partial charge in [-0.15, -0.1) is 0 Å². The maximum absolute atomic E-state index is 7.37. The number of fused-ring (bicyclic) bond motifs is 7. The minimum Gasteiger partial charge on any atom is -0.468 e. The fourth-order valence-electron chi connectivity index (χ4n) is 11.1. The molecule has 6 aromatic carbocycles. The first-order valence-electron chi connectivity index (χ1n) is 22.9. The van der Waals surface area contributed by atoms with Crippen LogP contribution in [0.4, 0.5) is 34.1 Å². The molecule has 62 heavy (non-hydrogen) atoms. The molecule has 10 rings (SSSR count). The lowest BCUT2D eigenvalue weighted by Gasteiger charge is -2.47. The second-order valence-corrected chi connectivity index (χ2v) is 22.4. The lowest BCUT2D eigenvalue weighted by atomic mass is 9.35. The van der Waals surface area contributed by atoms with E-state index in [9.17, 15) is 0 Å². The van der Waals surface area contributed by atoms with Gasteiger partial charge in [0.1, 0.15) is 5.58 Å². The van der Waals surface area contributed by atoms with E-state index in [1.54, 1.807) is 0 Å². The number of benzene rings is 6. The Labute approximate surface area is 371 Å². The fourth-order valence-corrected chi connectivity index (χ4v) is 11.1. The molecule has 0 N–H and O–H groups in total. The molecule has 1 aromatic heterocycles. The Kier molecular flexibility index (Phi) is 8.85. The minimum absolute atomic E-state index is 0.0214. The van der Waals surface area contributed by atoms with E-state index in [4.69, 9.17) is 4.42 Å². The van der Waals surface area contributed by atoms with Crippen LogP contribution in [-0.2, 0) is 21.7 Å². The van der Waals surface area contributed by atoms with Crippen LogP contribution in [0.5, 0.6) is 0 Å². The van der Waals surface area contributed by atoms with Gasteiger partial charge >= 0.3 is 0 Å². The van der Waals surface area contributed by atoms with Crippen molar-refractivity contribution in [3.63, 3.8) is 0 Å². The van der Waals surface area contributed by atoms with Gasteiger partial charge in [0.15, 0.2) is 0 Å². The summed E-state index contributed by atoms with van der Waals surface area (Å²) in [4.78, 5) is 5.17. The Balaban J connectivity index is 1.34. The first kappa shape index (κ1) is 40.6. The zero-order valence-corrected chi connectivity index (χ0v) is 39.6. The molecule has 3 heterocycles. The van der Waals surface area contributed by atoms with Gasteiger partial charge in [-0.25, -0.2) is 0 Å². The minimum atomic E-state index is -0.106. The van der Waals surface area contributed by atoms with Crippen molar-refractivity contribution < 1.29 is 4.42 Å². The molecule has 0 spiro atoms. The standard InChI is InChI=1S/C58H63BN2O/c1-34-28-48-52-49(29-34)61(46-30-38(19-18-35(46)2)51-36(3)16-15-17-37(51)4)47-33-44-43(57(11,12)26-27-58(44,13)14)32-45(47)59(52)54-53(42-31-40(56(8,9)10)22-25-50(42)62-54)60(48)41-23-20-39(21-24-41)55(5,6)7/h15-25,28-33H,26-27H2,1-14H3. The lowest BCUT2D eigenvalue weighted by Crippen LogP contribution is -2.61. The van der Waals surface area contributed by atoms with Crippen LogP contribution in [-0.4, -0.2) is 6.71 Å². The van der Waals surface area contributed by atoms with Crippen molar-refractivity contribution in [2.24, 2.45) is 0 Å². The van der Waals surface area contributed by atoms with Gasteiger partial charge in [0.25, 0.3) is 6.71 Å². The maximum Gasteiger partial charge on any atom is 0.297 e. The second-order valence-electron chi connectivity index (χ2n) is 22.4. The molecule has 0 amide bonds. The molecule has 0 bridgehead atoms. The molecule has 0 unspecified atom stereocenters. The Morgan fingerprint density at radius 1 is 0.565 bits per heavy atom. The van der Waals surface area contributed by atoms with E-state index in [1.165, 1.54) is 94.7 Å². The summed E-state index contributed by atoms with van der Waals surface area (Å²) in [6, 6.07) is 40.1. The maximum atomic E-state index is 7.37. The highest BCUT2D eigenvalue weighted by Crippen LogP contribution is 2.52. The summed E-state index contributed by atoms with van der Waals surface area (Å²) in [5.41, 5.74) is 25.1. The van der Waals surface area contributed by atoms with E-state index in [-0.39, 0.29) is 28.4 Å². The summed E-state index contributed by atoms with van der Waals surface area (Å²) in [7, 11) is 0. The van der Waals surface area contributed by atoms with Crippen molar-refractivity contribution in [3.8, 4) is 11.1 Å². The Morgan fingerprint density at radius 2 is 1.16 bits per heavy atom. The molecule has 3 aliphatic rings. The van der Waals surface area contributed by atoms with Gasteiger partial charge in [0.2, 0.25) is 0 Å². The van der Waals surface area contributed by atoms with Crippen molar-refractivity contribution in [2.75, 3.05) is 9.80 Å². The summed E-state index contributed by atoms with van der Waals surface area (Å²) in [5, 5.41) is 1.17. The third-order valence-electron chi connectivity index (χ3n) is 14.9. The van der Waals surface area contributed by atoms with E-state index in [2.05, 4.69) is 210 Å². The predicted molar refractivity (Wildman–Crippen MR) is 267 cm³/mol. The van der Waals surface area contributed by atoms with Crippen LogP contribution in [0.1, 0.15) is 127 Å². The topological polar surface area (TPSA) is 19.6 Å². The highest BCUT2D eigenvalue weighted by atomic mass is 16.3. The molecule has 0 atom stereocenters. The van der Waals surface area contributed by atoms with Crippen LogP contribution in [0.15, 0.2) is 108 Å². The number of hydrogen-bond acceptors (Lipinski definition) is 3. The highest BCUT2D eigenvalue weighted by Gasteiger charge is 2.49. The summed E-state index contributed by atoms with van der Waals surface area (Å²) >= 11 is 0. The van der Waals surface area contributed by atoms with Crippen LogP contribution in [0.25, 0.3) is 22.1 Å². The average molecular weight is 815 g/mol. The number of aryl methyl sites for hydroxylation is 4. The molecule has 3 nitrogen and oxygen atoms in total. The summed E-state index contributed by atoms with van der Waals surface area (Å²) in [6.45, 7) is 32.6. The van der Waals surface area contributed by atoms with E-state index >= 15 is 0 Å². The van der Waals surface area contributed by atoms with Gasteiger partial charge in [-0.05, 0) is 177 Å². The van der Waals surface area contributed by atoms with Crippen molar-refractivity contribution in [2.45, 2.75) is 131 Å². The molecule has 7 aromatic rings. The first-order chi connectivity index (χ1) is 29.1. The zero-order valence-electron chi connectivity index (χ0n) is 39.6. The zero-order chi connectivity index (χ0) is 44.0. The molecule has 0 radical (unpaired) electrons. The van der Waals surface area contributed by atoms with Crippen molar-refractivity contribution in [1.82, 2.24) is 0 Å². The second kappa shape index (κ2) is 13.5. The summed E-state index contributed by atoms with van der Waals surface area (Å²) in [5.74, 6) is 0. The smallest absolute Gasteiger partial charge is 0.297 e. The van der Waals surface area contributed by atoms with E-state index in [0.717, 1.165) is 35.5 Å². The average Bonchev–Trinajstić information content (AvgIpc) is 3.58. The SMILES string of the molecule is Cc1cc2c3c(c1)N(c1ccc(C(C)(C)C)cc1)c1c(oc4ccc(C(C)(C)C)cc14)B3c1cc3c(cc1N2c1cc(-c2c(C)cccc2C)ccc1C)C(C)(C)CCC3(C)C. The van der Waals surface area contributed by atoms with Gasteiger partial charge in [0.05, 0.1) is 11.3 Å². The van der Waals surface area contributed by atoms with Gasteiger partial charge in [-0.1, -0.05) is 124 Å². The van der Waals surface area contributed by atoms with E-state index in [0.29, 0.717) is 0 Å². The van der Waals surface area contributed by atoms with E-state index < -0.39 is 0 Å². The molecule has 1 aliphatic carbocycles. The third-order valence-corrected chi connectivity index (χ3v) is 14.9. The molecule has 0 saturated heterocycles. The van der Waals surface area contributed by atoms with Gasteiger partial charge in [-0.3, -0.25) is 0 Å². The van der Waals surface area contributed by atoms with Crippen molar-refractivity contribution in [3.05, 3.63) is 148 Å². The highest BCUT2D eigenvalue weighted by molar-refractivity contribution is 7.00. The van der Waals surface area contributed by atoms with E-state index in [1.807, 2.05) is 0 Å². The van der Waals surface area contributed by atoms with Crippen molar-refractivity contribution in [1.29, 1.82) is 0 Å². The van der Waals surface area contributed by atoms with Crippen LogP contribution in [0.3, 0.4) is 0 Å². The Morgan fingerprint density at radius 3 is 1.79 bits per heavy atom. The quantitative estimate of drug-likeness (QED) is 0.166. The van der Waals surface area contributed by atoms with Gasteiger partial charge in [-0.2, -0.15) is 0 Å². The Hall–Kier alpha value is -5.48. The number of rotatable bonds is 3. The lowest BCUT2D eigenvalue weighted by molar-refractivity contribution is 0.332. The third kappa shape index (κ3) is 6.14. The van der Waals surface area contributed by atoms with Gasteiger partial charge in [0, 0.05) is 33.8 Å². The molecule has 4 heteroatoms. The molecule has 0 saturated carbocycles. The predicted octanol–water partition coefficient (Wildman–Crippen LogP) is 14.4. The molecule has 314 valence electrons. The monoisotopic (exact) mass is 815 g/mol. The number of hydrogen-bond donors (Lipinski definition) is 0. The Bertz CT molecular complexity index is 2960. The molecule has 2 aliphatic heterocycles. The molecular formula is C58H63BN2O. The number of anilines is 6. The number of nitrogens with zero attached hydrogens (tertiary/aromatic N) is 2. The normalized spacial score (nSPS) is 16.3. The van der Waals surface area contributed by atoms with Crippen LogP contribution < -0.4 is 26.4 Å². The first-order valence-corrected chi connectivity index (χ1v) is 22.9.